The lowest BCUT2D eigenvalue weighted by atomic mass is 9.52. The van der Waals surface area contributed by atoms with Crippen molar-refractivity contribution in [3.8, 4) is 67.5 Å². The Morgan fingerprint density at radius 1 is 0.344 bits per heavy atom. The standard InChI is InChI=1S/C58H39N3/c1-3-18-39(19-4-1)41-22-15-24-43(36-41)54-59-55(44-25-16-23-42(37-44)40-20-5-2-6-21-40)61-56(60-54)45-26-17-27-46(38-45)57-35-14-13-31-50(57)49-30-9-12-34-53(49)58(57)51-32-10-7-28-47(51)48-29-8-11-33-52(48)58/h1-34,36-38H,35H2. The predicted molar refractivity (Wildman–Crippen MR) is 249 cm³/mol. The van der Waals surface area contributed by atoms with Crippen LogP contribution in [0.2, 0.25) is 0 Å². The molecule has 3 heteroatoms. The van der Waals surface area contributed by atoms with Gasteiger partial charge in [0.15, 0.2) is 17.5 Å². The molecule has 0 fully saturated rings. The predicted octanol–water partition coefficient (Wildman–Crippen LogP) is 13.8. The second-order valence-corrected chi connectivity index (χ2v) is 16.3. The maximum atomic E-state index is 5.33. The molecule has 3 aliphatic carbocycles. The molecule has 0 amide bonds. The lowest BCUT2D eigenvalue weighted by molar-refractivity contribution is 0.412. The summed E-state index contributed by atoms with van der Waals surface area (Å²) < 4.78 is 0. The van der Waals surface area contributed by atoms with E-state index >= 15 is 0 Å². The highest BCUT2D eigenvalue weighted by molar-refractivity contribution is 5.97. The molecule has 286 valence electrons. The highest BCUT2D eigenvalue weighted by Crippen LogP contribution is 2.71. The fraction of sp³-hybridized carbons (Fsp3) is 0.0517. The second kappa shape index (κ2) is 13.9. The van der Waals surface area contributed by atoms with Gasteiger partial charge in [-0.05, 0) is 91.4 Å². The van der Waals surface area contributed by atoms with Crippen molar-refractivity contribution in [2.75, 3.05) is 0 Å². The van der Waals surface area contributed by atoms with Crippen LogP contribution in [-0.2, 0) is 10.8 Å². The van der Waals surface area contributed by atoms with Gasteiger partial charge in [0.2, 0.25) is 0 Å². The van der Waals surface area contributed by atoms with Gasteiger partial charge in [-0.3, -0.25) is 0 Å². The summed E-state index contributed by atoms with van der Waals surface area (Å²) in [6, 6.07) is 74.4. The molecule has 9 aromatic rings. The Morgan fingerprint density at radius 3 is 1.30 bits per heavy atom. The van der Waals surface area contributed by atoms with Crippen LogP contribution in [0.4, 0.5) is 0 Å². The minimum Gasteiger partial charge on any atom is -0.208 e. The van der Waals surface area contributed by atoms with Gasteiger partial charge in [-0.25, -0.2) is 15.0 Å². The molecule has 1 heterocycles. The zero-order chi connectivity index (χ0) is 40.4. The van der Waals surface area contributed by atoms with Crippen LogP contribution in [0.3, 0.4) is 0 Å². The van der Waals surface area contributed by atoms with Gasteiger partial charge < -0.3 is 0 Å². The van der Waals surface area contributed by atoms with Gasteiger partial charge in [0.1, 0.15) is 0 Å². The van der Waals surface area contributed by atoms with Gasteiger partial charge >= 0.3 is 0 Å². The van der Waals surface area contributed by atoms with Crippen LogP contribution in [0.5, 0.6) is 0 Å². The molecule has 1 spiro atoms. The first-order valence-corrected chi connectivity index (χ1v) is 21.1. The molecule has 0 saturated heterocycles. The fourth-order valence-electron chi connectivity index (χ4n) is 10.7. The lowest BCUT2D eigenvalue weighted by Gasteiger charge is -2.48. The molecule has 0 saturated carbocycles. The topological polar surface area (TPSA) is 38.7 Å². The van der Waals surface area contributed by atoms with Crippen molar-refractivity contribution in [3.63, 3.8) is 0 Å². The smallest absolute Gasteiger partial charge is 0.164 e. The molecule has 1 aromatic heterocycles. The number of hydrogen-bond acceptors (Lipinski definition) is 3. The van der Waals surface area contributed by atoms with Gasteiger partial charge in [-0.1, -0.05) is 206 Å². The third-order valence-corrected chi connectivity index (χ3v) is 13.2. The van der Waals surface area contributed by atoms with Crippen molar-refractivity contribution in [2.24, 2.45) is 0 Å². The summed E-state index contributed by atoms with van der Waals surface area (Å²) in [5.74, 6) is 1.91. The molecule has 0 aliphatic heterocycles. The van der Waals surface area contributed by atoms with Crippen LogP contribution in [0, 0.1) is 0 Å². The average Bonchev–Trinajstić information content (AvgIpc) is 3.80. The van der Waals surface area contributed by atoms with E-state index in [1.165, 1.54) is 44.5 Å². The summed E-state index contributed by atoms with van der Waals surface area (Å²) in [4.78, 5) is 15.9. The van der Waals surface area contributed by atoms with Crippen molar-refractivity contribution in [2.45, 2.75) is 17.3 Å². The fourth-order valence-corrected chi connectivity index (χ4v) is 10.7. The summed E-state index contributed by atoms with van der Waals surface area (Å²) in [5, 5.41) is 0. The molecule has 61 heavy (non-hydrogen) atoms. The van der Waals surface area contributed by atoms with E-state index in [4.69, 9.17) is 15.0 Å². The van der Waals surface area contributed by atoms with E-state index in [1.807, 2.05) is 12.1 Å². The lowest BCUT2D eigenvalue weighted by Crippen LogP contribution is -2.47. The molecule has 0 radical (unpaired) electrons. The van der Waals surface area contributed by atoms with Crippen molar-refractivity contribution in [3.05, 3.63) is 252 Å². The Kier molecular flexibility index (Phi) is 8.04. The van der Waals surface area contributed by atoms with Crippen molar-refractivity contribution in [1.29, 1.82) is 0 Å². The van der Waals surface area contributed by atoms with E-state index in [0.29, 0.717) is 17.5 Å². The van der Waals surface area contributed by atoms with E-state index < -0.39 is 10.8 Å². The van der Waals surface area contributed by atoms with Crippen molar-refractivity contribution in [1.82, 2.24) is 15.0 Å². The summed E-state index contributed by atoms with van der Waals surface area (Å²) in [6.45, 7) is 0. The quantitative estimate of drug-likeness (QED) is 0.169. The van der Waals surface area contributed by atoms with Gasteiger partial charge in [-0.2, -0.15) is 0 Å². The Hall–Kier alpha value is -7.75. The maximum absolute atomic E-state index is 5.33. The number of aromatic nitrogens is 3. The van der Waals surface area contributed by atoms with E-state index in [2.05, 4.69) is 212 Å². The Balaban J connectivity index is 1.08. The van der Waals surface area contributed by atoms with Gasteiger partial charge in [0, 0.05) is 22.1 Å². The first-order valence-electron chi connectivity index (χ1n) is 21.1. The number of nitrogens with zero attached hydrogens (tertiary/aromatic N) is 3. The average molecular weight is 778 g/mol. The third kappa shape index (κ3) is 5.27. The van der Waals surface area contributed by atoms with Gasteiger partial charge in [0.25, 0.3) is 0 Å². The molecular weight excluding hydrogens is 739 g/mol. The molecule has 8 aromatic carbocycles. The Morgan fingerprint density at radius 2 is 0.754 bits per heavy atom. The Labute approximate surface area is 356 Å². The second-order valence-electron chi connectivity index (χ2n) is 16.3. The number of fused-ring (bicyclic) bond motifs is 10. The number of benzene rings is 8. The molecule has 0 bridgehead atoms. The first-order chi connectivity index (χ1) is 30.2. The summed E-state index contributed by atoms with van der Waals surface area (Å²) >= 11 is 0. The van der Waals surface area contributed by atoms with Crippen LogP contribution < -0.4 is 0 Å². The third-order valence-electron chi connectivity index (χ3n) is 13.2. The largest absolute Gasteiger partial charge is 0.208 e. The molecule has 12 rings (SSSR count). The van der Waals surface area contributed by atoms with E-state index in [1.54, 1.807) is 0 Å². The van der Waals surface area contributed by atoms with Crippen LogP contribution >= 0.6 is 0 Å². The van der Waals surface area contributed by atoms with E-state index in [0.717, 1.165) is 45.4 Å². The highest BCUT2D eigenvalue weighted by atomic mass is 15.0. The Bertz CT molecular complexity index is 3090. The number of hydrogen-bond donors (Lipinski definition) is 0. The first kappa shape index (κ1) is 35.2. The van der Waals surface area contributed by atoms with Crippen LogP contribution in [0.15, 0.2) is 224 Å². The van der Waals surface area contributed by atoms with Crippen molar-refractivity contribution < 1.29 is 0 Å². The zero-order valence-corrected chi connectivity index (χ0v) is 33.4. The molecule has 0 N–H and O–H groups in total. The number of rotatable bonds is 6. The SMILES string of the molecule is C1=CCC2(c3cccc(-c4nc(-c5cccc(-c6ccccc6)c5)nc(-c5cccc(-c6ccccc6)c5)n4)c3)C(=C1)c1ccccc1C21c2ccccc2-c2ccccc21. The van der Waals surface area contributed by atoms with Crippen LogP contribution in [0.25, 0.3) is 73.1 Å². The van der Waals surface area contributed by atoms with E-state index in [-0.39, 0.29) is 0 Å². The highest BCUT2D eigenvalue weighted by Gasteiger charge is 2.65. The monoisotopic (exact) mass is 777 g/mol. The van der Waals surface area contributed by atoms with Crippen molar-refractivity contribution >= 4 is 5.57 Å². The molecule has 1 unspecified atom stereocenters. The molecule has 3 aliphatic rings. The normalized spacial score (nSPS) is 16.4. The summed E-state index contributed by atoms with van der Waals surface area (Å²) in [5.41, 5.74) is 17.0. The minimum absolute atomic E-state index is 0.448. The summed E-state index contributed by atoms with van der Waals surface area (Å²) in [7, 11) is 0. The van der Waals surface area contributed by atoms with Crippen LogP contribution in [0.1, 0.15) is 34.2 Å². The van der Waals surface area contributed by atoms with Gasteiger partial charge in [0.05, 0.1) is 5.41 Å². The van der Waals surface area contributed by atoms with Gasteiger partial charge in [-0.15, -0.1) is 0 Å². The molecular formula is C58H39N3. The molecule has 1 atom stereocenters. The van der Waals surface area contributed by atoms with Crippen LogP contribution in [-0.4, -0.2) is 15.0 Å². The maximum Gasteiger partial charge on any atom is 0.164 e. The molecule has 3 nitrogen and oxygen atoms in total. The van der Waals surface area contributed by atoms with E-state index in [9.17, 15) is 0 Å². The zero-order valence-electron chi connectivity index (χ0n) is 33.4. The minimum atomic E-state index is -0.461. The number of allylic oxidation sites excluding steroid dienone is 4. The summed E-state index contributed by atoms with van der Waals surface area (Å²) in [6.07, 6.45) is 7.82.